The zero-order chi connectivity index (χ0) is 9.94. The number of methoxy groups -OCH3 is 1. The van der Waals surface area contributed by atoms with Crippen LogP contribution in [-0.2, 0) is 4.74 Å². The number of hydrogen-bond donors (Lipinski definition) is 0. The quantitative estimate of drug-likeness (QED) is 0.342. The first kappa shape index (κ1) is 12.0. The lowest BCUT2D eigenvalue weighted by Gasteiger charge is -2.03. The number of ether oxygens (including phenoxy) is 1. The van der Waals surface area contributed by atoms with Crippen LogP contribution in [0, 0.1) is 11.3 Å². The van der Waals surface area contributed by atoms with E-state index >= 15 is 0 Å². The molecule has 0 aliphatic carbocycles. The van der Waals surface area contributed by atoms with Crippen molar-refractivity contribution in [3.05, 3.63) is 11.8 Å². The van der Waals surface area contributed by atoms with Gasteiger partial charge in [0, 0.05) is 6.42 Å². The molecule has 0 radical (unpaired) electrons. The Labute approximate surface area is 81.2 Å². The molecule has 0 fully saturated rings. The normalized spacial score (nSPS) is 11.0. The highest BCUT2D eigenvalue weighted by molar-refractivity contribution is 5.07. The maximum Gasteiger partial charge on any atom is 0.106 e. The third-order valence-electron chi connectivity index (χ3n) is 2.01. The average molecular weight is 181 g/mol. The van der Waals surface area contributed by atoms with Gasteiger partial charge in [0.1, 0.15) is 5.76 Å². The summed E-state index contributed by atoms with van der Waals surface area (Å²) in [5, 5.41) is 8.40. The predicted molar refractivity (Wildman–Crippen MR) is 54.1 cm³/mol. The number of allylic oxidation sites excluding steroid dienone is 2. The second-order valence-electron chi connectivity index (χ2n) is 3.11. The largest absolute Gasteiger partial charge is 0.500 e. The Balaban J connectivity index is 3.40. The number of nitrogens with zero attached hydrogens (tertiary/aromatic N) is 1. The molecule has 0 aromatic heterocycles. The number of unbranched alkanes of at least 4 members (excludes halogenated alkanes) is 4. The van der Waals surface area contributed by atoms with E-state index in [1.54, 1.807) is 7.11 Å². The SMILES string of the molecule is CCCCCCC/C(=C\C#N)OC. The van der Waals surface area contributed by atoms with Gasteiger partial charge >= 0.3 is 0 Å². The van der Waals surface area contributed by atoms with Crippen molar-refractivity contribution in [3.63, 3.8) is 0 Å². The van der Waals surface area contributed by atoms with Crippen molar-refractivity contribution >= 4 is 0 Å². The van der Waals surface area contributed by atoms with E-state index in [1.807, 2.05) is 6.07 Å². The lowest BCUT2D eigenvalue weighted by atomic mass is 10.1. The minimum Gasteiger partial charge on any atom is -0.500 e. The standard InChI is InChI=1S/C11H19NO/c1-3-4-5-6-7-8-11(13-2)9-10-12/h9H,3-8H2,1-2H3/b11-9+. The fourth-order valence-electron chi connectivity index (χ4n) is 1.21. The van der Waals surface area contributed by atoms with Gasteiger partial charge in [0.2, 0.25) is 0 Å². The Kier molecular flexibility index (Phi) is 8.44. The van der Waals surface area contributed by atoms with E-state index in [2.05, 4.69) is 6.92 Å². The van der Waals surface area contributed by atoms with Gasteiger partial charge in [0.15, 0.2) is 0 Å². The van der Waals surface area contributed by atoms with Crippen LogP contribution >= 0.6 is 0 Å². The molecule has 13 heavy (non-hydrogen) atoms. The van der Waals surface area contributed by atoms with E-state index in [0.717, 1.165) is 18.6 Å². The Morgan fingerprint density at radius 3 is 2.54 bits per heavy atom. The predicted octanol–water partition coefficient (Wildman–Crippen LogP) is 3.40. The van der Waals surface area contributed by atoms with E-state index < -0.39 is 0 Å². The molecule has 0 saturated carbocycles. The summed E-state index contributed by atoms with van der Waals surface area (Å²) in [5.74, 6) is 0.805. The first-order chi connectivity index (χ1) is 6.35. The van der Waals surface area contributed by atoms with Crippen LogP contribution in [0.15, 0.2) is 11.8 Å². The second kappa shape index (κ2) is 9.12. The summed E-state index contributed by atoms with van der Waals surface area (Å²) in [6.45, 7) is 2.20. The molecule has 0 N–H and O–H groups in total. The average Bonchev–Trinajstić information content (AvgIpc) is 2.16. The Morgan fingerprint density at radius 2 is 2.00 bits per heavy atom. The monoisotopic (exact) mass is 181 g/mol. The molecule has 0 rings (SSSR count). The summed E-state index contributed by atoms with van der Waals surface area (Å²) in [7, 11) is 1.62. The molecule has 74 valence electrons. The van der Waals surface area contributed by atoms with Gasteiger partial charge in [-0.2, -0.15) is 5.26 Å². The molecule has 0 atom stereocenters. The Morgan fingerprint density at radius 1 is 1.31 bits per heavy atom. The Bertz CT molecular complexity index is 179. The van der Waals surface area contributed by atoms with Crippen molar-refractivity contribution in [1.82, 2.24) is 0 Å². The van der Waals surface area contributed by atoms with Crippen molar-refractivity contribution in [2.45, 2.75) is 45.4 Å². The molecule has 0 bridgehead atoms. The molecule has 2 heteroatoms. The molecular formula is C11H19NO. The van der Waals surface area contributed by atoms with Crippen molar-refractivity contribution in [2.75, 3.05) is 7.11 Å². The van der Waals surface area contributed by atoms with E-state index in [9.17, 15) is 0 Å². The van der Waals surface area contributed by atoms with Gasteiger partial charge in [-0.05, 0) is 6.42 Å². The van der Waals surface area contributed by atoms with Crippen LogP contribution in [0.1, 0.15) is 45.4 Å². The van der Waals surface area contributed by atoms with Gasteiger partial charge < -0.3 is 4.74 Å². The van der Waals surface area contributed by atoms with E-state index in [-0.39, 0.29) is 0 Å². The topological polar surface area (TPSA) is 33.0 Å². The minimum absolute atomic E-state index is 0.805. The molecule has 0 aliphatic heterocycles. The molecule has 0 aromatic carbocycles. The van der Waals surface area contributed by atoms with Crippen LogP contribution in [0.5, 0.6) is 0 Å². The fourth-order valence-corrected chi connectivity index (χ4v) is 1.21. The van der Waals surface area contributed by atoms with Crippen LogP contribution in [0.2, 0.25) is 0 Å². The van der Waals surface area contributed by atoms with E-state index in [0.29, 0.717) is 0 Å². The number of nitriles is 1. The highest BCUT2D eigenvalue weighted by atomic mass is 16.5. The maximum atomic E-state index is 8.40. The molecule has 0 aliphatic rings. The van der Waals surface area contributed by atoms with Gasteiger partial charge in [-0.15, -0.1) is 0 Å². The summed E-state index contributed by atoms with van der Waals surface area (Å²) in [5.41, 5.74) is 0. The zero-order valence-corrected chi connectivity index (χ0v) is 8.68. The van der Waals surface area contributed by atoms with Crippen LogP contribution in [0.4, 0.5) is 0 Å². The van der Waals surface area contributed by atoms with Crippen molar-refractivity contribution in [3.8, 4) is 6.07 Å². The molecule has 0 unspecified atom stereocenters. The molecule has 0 aromatic rings. The maximum absolute atomic E-state index is 8.40. The van der Waals surface area contributed by atoms with Gasteiger partial charge in [0.05, 0.1) is 19.3 Å². The third kappa shape index (κ3) is 7.39. The number of rotatable bonds is 7. The molecule has 2 nitrogen and oxygen atoms in total. The van der Waals surface area contributed by atoms with Gasteiger partial charge in [-0.1, -0.05) is 32.6 Å². The highest BCUT2D eigenvalue weighted by Gasteiger charge is 1.95. The van der Waals surface area contributed by atoms with Gasteiger partial charge in [-0.25, -0.2) is 0 Å². The zero-order valence-electron chi connectivity index (χ0n) is 8.68. The highest BCUT2D eigenvalue weighted by Crippen LogP contribution is 2.10. The molecule has 0 amide bonds. The first-order valence-electron chi connectivity index (χ1n) is 4.97. The molecule has 0 spiro atoms. The number of hydrogen-bond acceptors (Lipinski definition) is 2. The fraction of sp³-hybridized carbons (Fsp3) is 0.727. The summed E-state index contributed by atoms with van der Waals surface area (Å²) in [6, 6.07) is 1.98. The lowest BCUT2D eigenvalue weighted by molar-refractivity contribution is 0.274. The van der Waals surface area contributed by atoms with Gasteiger partial charge in [0.25, 0.3) is 0 Å². The van der Waals surface area contributed by atoms with E-state index in [4.69, 9.17) is 10.00 Å². The van der Waals surface area contributed by atoms with Crippen molar-refractivity contribution < 1.29 is 4.74 Å². The summed E-state index contributed by atoms with van der Waals surface area (Å²) in [4.78, 5) is 0. The Hall–Kier alpha value is -0.970. The van der Waals surface area contributed by atoms with Crippen LogP contribution in [-0.4, -0.2) is 7.11 Å². The summed E-state index contributed by atoms with van der Waals surface area (Å²) < 4.78 is 5.04. The van der Waals surface area contributed by atoms with Crippen molar-refractivity contribution in [2.24, 2.45) is 0 Å². The van der Waals surface area contributed by atoms with Crippen molar-refractivity contribution in [1.29, 1.82) is 5.26 Å². The third-order valence-corrected chi connectivity index (χ3v) is 2.01. The van der Waals surface area contributed by atoms with Gasteiger partial charge in [-0.3, -0.25) is 0 Å². The van der Waals surface area contributed by atoms with Crippen LogP contribution < -0.4 is 0 Å². The molecule has 0 heterocycles. The minimum atomic E-state index is 0.805. The first-order valence-corrected chi connectivity index (χ1v) is 4.97. The summed E-state index contributed by atoms with van der Waals surface area (Å²) >= 11 is 0. The van der Waals surface area contributed by atoms with E-state index in [1.165, 1.54) is 31.8 Å². The van der Waals surface area contributed by atoms with Crippen LogP contribution in [0.25, 0.3) is 0 Å². The lowest BCUT2D eigenvalue weighted by Crippen LogP contribution is -1.87. The summed E-state index contributed by atoms with van der Waals surface area (Å²) in [6.07, 6.45) is 8.62. The molecule has 0 saturated heterocycles. The second-order valence-corrected chi connectivity index (χ2v) is 3.11. The van der Waals surface area contributed by atoms with Crippen LogP contribution in [0.3, 0.4) is 0 Å². The molecular weight excluding hydrogens is 162 g/mol. The smallest absolute Gasteiger partial charge is 0.106 e.